The van der Waals surface area contributed by atoms with Crippen molar-refractivity contribution < 1.29 is 14.3 Å². The van der Waals surface area contributed by atoms with E-state index in [0.29, 0.717) is 38.7 Å². The van der Waals surface area contributed by atoms with Crippen LogP contribution in [0, 0.1) is 0 Å². The van der Waals surface area contributed by atoms with Crippen LogP contribution in [0.2, 0.25) is 0 Å². The molecule has 0 bridgehead atoms. The average Bonchev–Trinajstić information content (AvgIpc) is 2.83. The Morgan fingerprint density at radius 1 is 1.03 bits per heavy atom. The SMILES string of the molecule is COc1ccc(-n2c(SCC(=O)Nc3ccc(C(N)=O)cc3)nc3ccccc3c2=O)cc1. The Bertz CT molecular complexity index is 1380. The van der Waals surface area contributed by atoms with Gasteiger partial charge in [0.05, 0.1) is 29.5 Å². The summed E-state index contributed by atoms with van der Waals surface area (Å²) < 4.78 is 6.69. The second-order valence-corrected chi connectivity index (χ2v) is 7.97. The van der Waals surface area contributed by atoms with Gasteiger partial charge in [0.15, 0.2) is 5.16 Å². The van der Waals surface area contributed by atoms with Crippen LogP contribution in [0.1, 0.15) is 10.4 Å². The number of hydrogen-bond acceptors (Lipinski definition) is 6. The van der Waals surface area contributed by atoms with Crippen LogP contribution in [0.5, 0.6) is 5.75 Å². The van der Waals surface area contributed by atoms with E-state index in [2.05, 4.69) is 10.3 Å². The molecule has 0 spiro atoms. The summed E-state index contributed by atoms with van der Waals surface area (Å²) in [5, 5.41) is 3.64. The van der Waals surface area contributed by atoms with Crippen molar-refractivity contribution in [3.8, 4) is 11.4 Å². The lowest BCUT2D eigenvalue weighted by Gasteiger charge is -2.13. The minimum atomic E-state index is -0.540. The van der Waals surface area contributed by atoms with Crippen LogP contribution < -0.4 is 21.3 Å². The molecule has 4 aromatic rings. The van der Waals surface area contributed by atoms with Crippen LogP contribution >= 0.6 is 11.8 Å². The lowest BCUT2D eigenvalue weighted by atomic mass is 10.2. The number of para-hydroxylation sites is 1. The minimum Gasteiger partial charge on any atom is -0.497 e. The van der Waals surface area contributed by atoms with Crippen LogP contribution in [0.25, 0.3) is 16.6 Å². The van der Waals surface area contributed by atoms with Gasteiger partial charge in [0.25, 0.3) is 5.56 Å². The lowest BCUT2D eigenvalue weighted by molar-refractivity contribution is -0.113. The molecule has 0 aliphatic heterocycles. The highest BCUT2D eigenvalue weighted by molar-refractivity contribution is 7.99. The van der Waals surface area contributed by atoms with Crippen LogP contribution in [0.15, 0.2) is 82.7 Å². The minimum absolute atomic E-state index is 0.0263. The maximum Gasteiger partial charge on any atom is 0.266 e. The van der Waals surface area contributed by atoms with Crippen LogP contribution in [-0.4, -0.2) is 34.2 Å². The highest BCUT2D eigenvalue weighted by Gasteiger charge is 2.15. The number of amides is 2. The Kier molecular flexibility index (Phi) is 6.41. The smallest absolute Gasteiger partial charge is 0.266 e. The molecule has 1 aromatic heterocycles. The maximum absolute atomic E-state index is 13.3. The lowest BCUT2D eigenvalue weighted by Crippen LogP contribution is -2.23. The number of rotatable bonds is 7. The van der Waals surface area contributed by atoms with Gasteiger partial charge >= 0.3 is 0 Å². The van der Waals surface area contributed by atoms with Crippen molar-refractivity contribution in [2.24, 2.45) is 5.73 Å². The number of hydrogen-bond donors (Lipinski definition) is 2. The molecule has 3 aromatic carbocycles. The van der Waals surface area contributed by atoms with Crippen molar-refractivity contribution >= 4 is 40.2 Å². The number of carbonyl (C=O) groups is 2. The monoisotopic (exact) mass is 460 g/mol. The van der Waals surface area contributed by atoms with Crippen molar-refractivity contribution in [3.05, 3.63) is 88.7 Å². The summed E-state index contributed by atoms with van der Waals surface area (Å²) in [6, 6.07) is 20.4. The molecule has 0 radical (unpaired) electrons. The first kappa shape index (κ1) is 22.1. The Morgan fingerprint density at radius 2 is 1.73 bits per heavy atom. The summed E-state index contributed by atoms with van der Waals surface area (Å²) in [5.74, 6) is -0.132. The topological polar surface area (TPSA) is 116 Å². The average molecular weight is 461 g/mol. The van der Waals surface area contributed by atoms with Crippen molar-refractivity contribution in [2.75, 3.05) is 18.2 Å². The normalized spacial score (nSPS) is 10.7. The number of ether oxygens (including phenoxy) is 1. The highest BCUT2D eigenvalue weighted by Crippen LogP contribution is 2.23. The van der Waals surface area contributed by atoms with E-state index in [1.165, 1.54) is 16.7 Å². The molecule has 3 N–H and O–H groups in total. The van der Waals surface area contributed by atoms with Gasteiger partial charge < -0.3 is 15.8 Å². The Labute approximate surface area is 193 Å². The number of carbonyl (C=O) groups excluding carboxylic acids is 2. The maximum atomic E-state index is 13.3. The van der Waals surface area contributed by atoms with E-state index in [9.17, 15) is 14.4 Å². The molecular formula is C24H20N4O4S. The van der Waals surface area contributed by atoms with E-state index in [1.54, 1.807) is 61.7 Å². The van der Waals surface area contributed by atoms with E-state index < -0.39 is 5.91 Å². The number of benzene rings is 3. The Morgan fingerprint density at radius 3 is 2.39 bits per heavy atom. The van der Waals surface area contributed by atoms with Gasteiger partial charge in [-0.25, -0.2) is 4.98 Å². The molecule has 33 heavy (non-hydrogen) atoms. The summed E-state index contributed by atoms with van der Waals surface area (Å²) in [7, 11) is 1.57. The number of aromatic nitrogens is 2. The van der Waals surface area contributed by atoms with E-state index in [4.69, 9.17) is 10.5 Å². The molecule has 1 heterocycles. The van der Waals surface area contributed by atoms with Crippen molar-refractivity contribution in [3.63, 3.8) is 0 Å². The van der Waals surface area contributed by atoms with Crippen LogP contribution in [0.4, 0.5) is 5.69 Å². The fourth-order valence-corrected chi connectivity index (χ4v) is 4.03. The van der Waals surface area contributed by atoms with Gasteiger partial charge in [0, 0.05) is 11.3 Å². The van der Waals surface area contributed by atoms with Gasteiger partial charge in [0.2, 0.25) is 11.8 Å². The molecule has 0 aliphatic rings. The van der Waals surface area contributed by atoms with Crippen LogP contribution in [0.3, 0.4) is 0 Å². The molecule has 0 unspecified atom stereocenters. The number of anilines is 1. The second-order valence-electron chi connectivity index (χ2n) is 7.03. The molecule has 0 aliphatic carbocycles. The van der Waals surface area contributed by atoms with Gasteiger partial charge in [-0.05, 0) is 60.7 Å². The van der Waals surface area contributed by atoms with E-state index in [-0.39, 0.29) is 17.2 Å². The number of fused-ring (bicyclic) bond motifs is 1. The van der Waals surface area contributed by atoms with Crippen molar-refractivity contribution in [1.29, 1.82) is 0 Å². The molecule has 166 valence electrons. The first-order valence-electron chi connectivity index (χ1n) is 9.95. The molecule has 0 saturated carbocycles. The summed E-state index contributed by atoms with van der Waals surface area (Å²) >= 11 is 1.15. The Balaban J connectivity index is 1.61. The number of nitrogens with two attached hydrogens (primary N) is 1. The highest BCUT2D eigenvalue weighted by atomic mass is 32.2. The summed E-state index contributed by atoms with van der Waals surface area (Å²) in [5.41, 5.74) is 7.06. The summed E-state index contributed by atoms with van der Waals surface area (Å²) in [4.78, 5) is 41.6. The van der Waals surface area contributed by atoms with Gasteiger partial charge in [-0.1, -0.05) is 23.9 Å². The van der Waals surface area contributed by atoms with E-state index in [1.807, 2.05) is 6.07 Å². The van der Waals surface area contributed by atoms with Gasteiger partial charge in [-0.15, -0.1) is 0 Å². The van der Waals surface area contributed by atoms with E-state index >= 15 is 0 Å². The predicted molar refractivity (Wildman–Crippen MR) is 128 cm³/mol. The third-order valence-electron chi connectivity index (χ3n) is 4.86. The van der Waals surface area contributed by atoms with Gasteiger partial charge in [-0.3, -0.25) is 19.0 Å². The molecular weight excluding hydrogens is 440 g/mol. The summed E-state index contributed by atoms with van der Waals surface area (Å²) in [6.45, 7) is 0. The molecule has 2 amide bonds. The van der Waals surface area contributed by atoms with E-state index in [0.717, 1.165) is 11.8 Å². The number of thioether (sulfide) groups is 1. The molecule has 0 saturated heterocycles. The first-order chi connectivity index (χ1) is 16.0. The van der Waals surface area contributed by atoms with Gasteiger partial charge in [0.1, 0.15) is 5.75 Å². The van der Waals surface area contributed by atoms with Gasteiger partial charge in [-0.2, -0.15) is 0 Å². The largest absolute Gasteiger partial charge is 0.497 e. The Hall–Kier alpha value is -4.11. The number of methoxy groups -OCH3 is 1. The number of nitrogens with one attached hydrogen (secondary N) is 1. The van der Waals surface area contributed by atoms with Crippen molar-refractivity contribution in [2.45, 2.75) is 5.16 Å². The third kappa shape index (κ3) is 4.88. The van der Waals surface area contributed by atoms with Crippen LogP contribution in [-0.2, 0) is 4.79 Å². The zero-order valence-electron chi connectivity index (χ0n) is 17.6. The predicted octanol–water partition coefficient (Wildman–Crippen LogP) is 3.22. The second kappa shape index (κ2) is 9.58. The first-order valence-corrected chi connectivity index (χ1v) is 10.9. The van der Waals surface area contributed by atoms with Crippen molar-refractivity contribution in [1.82, 2.24) is 9.55 Å². The number of primary amides is 1. The standard InChI is InChI=1S/C24H20N4O4S/c1-32-18-12-10-17(11-13-18)28-23(31)19-4-2-3-5-20(19)27-24(28)33-14-21(29)26-16-8-6-15(7-9-16)22(25)30/h2-13H,14H2,1H3,(H2,25,30)(H,26,29). The third-order valence-corrected chi connectivity index (χ3v) is 5.80. The molecule has 4 rings (SSSR count). The number of nitrogens with zero attached hydrogens (tertiary/aromatic N) is 2. The molecule has 8 nitrogen and oxygen atoms in total. The molecule has 9 heteroatoms. The fraction of sp³-hybridized carbons (Fsp3) is 0.0833. The fourth-order valence-electron chi connectivity index (χ4n) is 3.21. The quantitative estimate of drug-likeness (QED) is 0.323. The zero-order valence-corrected chi connectivity index (χ0v) is 18.5. The zero-order chi connectivity index (χ0) is 23.4. The molecule has 0 atom stereocenters. The summed E-state index contributed by atoms with van der Waals surface area (Å²) in [6.07, 6.45) is 0. The molecule has 0 fully saturated rings.